The molecule has 0 spiro atoms. The number of hydrogen-bond donors (Lipinski definition) is 0. The van der Waals surface area contributed by atoms with Crippen LogP contribution >= 0.6 is 0 Å². The van der Waals surface area contributed by atoms with E-state index in [-0.39, 0.29) is 9.79 Å². The van der Waals surface area contributed by atoms with Crippen LogP contribution in [-0.4, -0.2) is 8.42 Å². The lowest BCUT2D eigenvalue weighted by Crippen LogP contribution is -2.02. The molecule has 2 aromatic rings. The highest BCUT2D eigenvalue weighted by molar-refractivity contribution is 7.91. The second-order valence-electron chi connectivity index (χ2n) is 4.68. The Morgan fingerprint density at radius 2 is 1.26 bits per heavy atom. The summed E-state index contributed by atoms with van der Waals surface area (Å²) >= 11 is 0. The van der Waals surface area contributed by atoms with Crippen LogP contribution in [-0.2, 0) is 9.84 Å². The van der Waals surface area contributed by atoms with Crippen molar-refractivity contribution >= 4 is 9.84 Å². The summed E-state index contributed by atoms with van der Waals surface area (Å²) in [5.41, 5.74) is 1.08. The molecule has 2 rings (SSSR count). The highest BCUT2D eigenvalue weighted by atomic mass is 32.2. The largest absolute Gasteiger partial charge is 0.219 e. The van der Waals surface area contributed by atoms with Crippen molar-refractivity contribution in [3.8, 4) is 0 Å². The molecule has 2 aromatic carbocycles. The minimum Gasteiger partial charge on any atom is -0.219 e. The Morgan fingerprint density at radius 1 is 0.842 bits per heavy atom. The maximum absolute atomic E-state index is 12.8. The van der Waals surface area contributed by atoms with Gasteiger partial charge in [0.1, 0.15) is 5.82 Å². The van der Waals surface area contributed by atoms with Crippen molar-refractivity contribution in [3.05, 3.63) is 59.9 Å². The Morgan fingerprint density at radius 3 is 1.68 bits per heavy atom. The van der Waals surface area contributed by atoms with Gasteiger partial charge in [-0.2, -0.15) is 0 Å². The highest BCUT2D eigenvalue weighted by Crippen LogP contribution is 2.23. The van der Waals surface area contributed by atoms with Crippen LogP contribution in [0.2, 0.25) is 0 Å². The van der Waals surface area contributed by atoms with Crippen molar-refractivity contribution < 1.29 is 12.8 Å². The van der Waals surface area contributed by atoms with Crippen LogP contribution in [0.5, 0.6) is 0 Å². The lowest BCUT2D eigenvalue weighted by atomic mass is 10.0. The minimum absolute atomic E-state index is 0.103. The Kier molecular flexibility index (Phi) is 3.71. The monoisotopic (exact) mass is 278 g/mol. The van der Waals surface area contributed by atoms with Crippen LogP contribution in [0.1, 0.15) is 25.3 Å². The summed E-state index contributed by atoms with van der Waals surface area (Å²) in [5, 5.41) is 0. The third kappa shape index (κ3) is 2.84. The Bertz CT molecular complexity index is 656. The van der Waals surface area contributed by atoms with Gasteiger partial charge in [-0.1, -0.05) is 26.0 Å². The first-order chi connectivity index (χ1) is 8.91. The predicted octanol–water partition coefficient (Wildman–Crippen LogP) is 3.78. The summed E-state index contributed by atoms with van der Waals surface area (Å²) < 4.78 is 37.4. The summed E-state index contributed by atoms with van der Waals surface area (Å²) in [4.78, 5) is 0.328. The first kappa shape index (κ1) is 13.7. The summed E-state index contributed by atoms with van der Waals surface area (Å²) in [5.74, 6) is -0.100. The Labute approximate surface area is 112 Å². The van der Waals surface area contributed by atoms with Gasteiger partial charge in [-0.25, -0.2) is 12.8 Å². The quantitative estimate of drug-likeness (QED) is 0.801. The van der Waals surface area contributed by atoms with Gasteiger partial charge in [0.25, 0.3) is 0 Å². The fourth-order valence-electron chi connectivity index (χ4n) is 1.78. The lowest BCUT2D eigenvalue weighted by molar-refractivity contribution is 0.594. The van der Waals surface area contributed by atoms with E-state index in [9.17, 15) is 12.8 Å². The summed E-state index contributed by atoms with van der Waals surface area (Å²) in [6.07, 6.45) is 0. The summed E-state index contributed by atoms with van der Waals surface area (Å²) in [6.45, 7) is 4.09. The number of rotatable bonds is 3. The molecule has 4 heteroatoms. The van der Waals surface area contributed by atoms with Gasteiger partial charge in [0, 0.05) is 0 Å². The number of benzene rings is 2. The molecule has 0 unspecified atom stereocenters. The molecule has 2 nitrogen and oxygen atoms in total. The average molecular weight is 278 g/mol. The van der Waals surface area contributed by atoms with Crippen molar-refractivity contribution in [3.63, 3.8) is 0 Å². The molecule has 0 aromatic heterocycles. The first-order valence-electron chi connectivity index (χ1n) is 6.02. The summed E-state index contributed by atoms with van der Waals surface area (Å²) in [7, 11) is -3.56. The average Bonchev–Trinajstić information content (AvgIpc) is 2.39. The SMILES string of the molecule is CC(C)c1ccc(S(=O)(=O)c2ccc(F)cc2)cc1. The molecule has 0 saturated heterocycles. The molecule has 100 valence electrons. The fourth-order valence-corrected chi connectivity index (χ4v) is 3.04. The third-order valence-corrected chi connectivity index (χ3v) is 4.77. The van der Waals surface area contributed by atoms with E-state index in [0.717, 1.165) is 17.7 Å². The van der Waals surface area contributed by atoms with E-state index in [2.05, 4.69) is 0 Å². The van der Waals surface area contributed by atoms with Crippen molar-refractivity contribution in [2.75, 3.05) is 0 Å². The smallest absolute Gasteiger partial charge is 0.206 e. The van der Waals surface area contributed by atoms with E-state index >= 15 is 0 Å². The molecular weight excluding hydrogens is 263 g/mol. The Balaban J connectivity index is 2.42. The molecule has 0 aliphatic carbocycles. The van der Waals surface area contributed by atoms with E-state index in [1.54, 1.807) is 24.3 Å². The van der Waals surface area contributed by atoms with E-state index in [1.807, 2.05) is 13.8 Å². The molecule has 0 atom stereocenters. The van der Waals surface area contributed by atoms with Crippen LogP contribution in [0.4, 0.5) is 4.39 Å². The topological polar surface area (TPSA) is 34.1 Å². The normalized spacial score (nSPS) is 11.8. The van der Waals surface area contributed by atoms with E-state index in [0.29, 0.717) is 5.92 Å². The van der Waals surface area contributed by atoms with Gasteiger partial charge >= 0.3 is 0 Å². The molecule has 0 aliphatic heterocycles. The second-order valence-corrected chi connectivity index (χ2v) is 6.63. The number of halogens is 1. The van der Waals surface area contributed by atoms with E-state index < -0.39 is 15.7 Å². The maximum Gasteiger partial charge on any atom is 0.206 e. The highest BCUT2D eigenvalue weighted by Gasteiger charge is 2.17. The zero-order valence-electron chi connectivity index (χ0n) is 10.8. The minimum atomic E-state index is -3.56. The van der Waals surface area contributed by atoms with Crippen LogP contribution in [0.25, 0.3) is 0 Å². The molecule has 0 amide bonds. The fraction of sp³-hybridized carbons (Fsp3) is 0.200. The molecular formula is C15H15FO2S. The van der Waals surface area contributed by atoms with Crippen molar-refractivity contribution in [2.45, 2.75) is 29.6 Å². The molecule has 19 heavy (non-hydrogen) atoms. The number of sulfone groups is 1. The molecule has 0 bridgehead atoms. The van der Waals surface area contributed by atoms with Gasteiger partial charge in [-0.15, -0.1) is 0 Å². The molecule has 0 fully saturated rings. The lowest BCUT2D eigenvalue weighted by Gasteiger charge is -2.08. The molecule has 0 aliphatic rings. The molecule has 0 saturated carbocycles. The zero-order chi connectivity index (χ0) is 14.0. The van der Waals surface area contributed by atoms with Crippen LogP contribution in [0.15, 0.2) is 58.3 Å². The predicted molar refractivity (Wildman–Crippen MR) is 72.4 cm³/mol. The molecule has 0 N–H and O–H groups in total. The standard InChI is InChI=1S/C15H15FO2S/c1-11(2)12-3-7-14(8-4-12)19(17,18)15-9-5-13(16)6-10-15/h3-11H,1-2H3. The van der Waals surface area contributed by atoms with Crippen molar-refractivity contribution in [1.29, 1.82) is 0 Å². The second kappa shape index (κ2) is 5.13. The van der Waals surface area contributed by atoms with Crippen LogP contribution < -0.4 is 0 Å². The van der Waals surface area contributed by atoms with Crippen molar-refractivity contribution in [1.82, 2.24) is 0 Å². The zero-order valence-corrected chi connectivity index (χ0v) is 11.6. The van der Waals surface area contributed by atoms with Gasteiger partial charge < -0.3 is 0 Å². The molecule has 0 heterocycles. The van der Waals surface area contributed by atoms with Gasteiger partial charge in [-0.3, -0.25) is 0 Å². The summed E-state index contributed by atoms with van der Waals surface area (Å²) in [6, 6.07) is 11.6. The Hall–Kier alpha value is -1.68. The van der Waals surface area contributed by atoms with Crippen LogP contribution in [0.3, 0.4) is 0 Å². The van der Waals surface area contributed by atoms with Crippen LogP contribution in [0, 0.1) is 5.82 Å². The molecule has 0 radical (unpaired) electrons. The van der Waals surface area contributed by atoms with Gasteiger partial charge in [0.15, 0.2) is 0 Å². The maximum atomic E-state index is 12.8. The first-order valence-corrected chi connectivity index (χ1v) is 7.50. The van der Waals surface area contributed by atoms with E-state index in [1.165, 1.54) is 12.1 Å². The number of hydrogen-bond acceptors (Lipinski definition) is 2. The van der Waals surface area contributed by atoms with Crippen molar-refractivity contribution in [2.24, 2.45) is 0 Å². The third-order valence-electron chi connectivity index (χ3n) is 2.98. The van der Waals surface area contributed by atoms with Gasteiger partial charge in [0.05, 0.1) is 9.79 Å². The van der Waals surface area contributed by atoms with Gasteiger partial charge in [-0.05, 0) is 47.9 Å². The van der Waals surface area contributed by atoms with E-state index in [4.69, 9.17) is 0 Å². The van der Waals surface area contributed by atoms with Gasteiger partial charge in [0.2, 0.25) is 9.84 Å².